The Labute approximate surface area is 128 Å². The number of hydrogen-bond acceptors (Lipinski definition) is 5. The number of thioether (sulfide) groups is 1. The monoisotopic (exact) mass is 305 g/mol. The number of tetrazole rings is 1. The van der Waals surface area contributed by atoms with Gasteiger partial charge in [0, 0.05) is 6.54 Å². The number of aromatic nitrogens is 4. The van der Waals surface area contributed by atoms with Gasteiger partial charge in [-0.05, 0) is 36.8 Å². The molecule has 0 saturated carbocycles. The molecule has 0 bridgehead atoms. The van der Waals surface area contributed by atoms with Gasteiger partial charge in [0.2, 0.25) is 11.1 Å². The van der Waals surface area contributed by atoms with Gasteiger partial charge in [0.1, 0.15) is 0 Å². The molecule has 1 aromatic heterocycles. The highest BCUT2D eigenvalue weighted by atomic mass is 32.2. The first-order valence-corrected chi connectivity index (χ1v) is 7.72. The van der Waals surface area contributed by atoms with Crippen LogP contribution in [0, 0.1) is 0 Å². The molecule has 112 valence electrons. The minimum absolute atomic E-state index is 0.0258. The Morgan fingerprint density at radius 1 is 1.29 bits per heavy atom. The average molecular weight is 305 g/mol. The van der Waals surface area contributed by atoms with E-state index in [0.29, 0.717) is 11.7 Å². The van der Waals surface area contributed by atoms with Gasteiger partial charge in [-0.3, -0.25) is 4.79 Å². The molecule has 1 heterocycles. The first-order chi connectivity index (χ1) is 10.1. The Hall–Kier alpha value is -1.89. The van der Waals surface area contributed by atoms with Crippen molar-refractivity contribution in [2.24, 2.45) is 0 Å². The van der Waals surface area contributed by atoms with Crippen molar-refractivity contribution in [3.8, 4) is 0 Å². The third-order valence-electron chi connectivity index (χ3n) is 2.91. The zero-order valence-corrected chi connectivity index (χ0v) is 13.2. The first-order valence-electron chi connectivity index (χ1n) is 6.84. The van der Waals surface area contributed by atoms with Crippen LogP contribution in [0.4, 0.5) is 0 Å². The molecule has 0 unspecified atom stereocenters. The van der Waals surface area contributed by atoms with Crippen molar-refractivity contribution in [2.75, 3.05) is 0 Å². The van der Waals surface area contributed by atoms with Crippen molar-refractivity contribution in [1.29, 1.82) is 0 Å². The lowest BCUT2D eigenvalue weighted by atomic mass is 10.2. The van der Waals surface area contributed by atoms with Gasteiger partial charge in [0.25, 0.3) is 0 Å². The van der Waals surface area contributed by atoms with E-state index in [2.05, 4.69) is 20.8 Å². The van der Waals surface area contributed by atoms with Gasteiger partial charge < -0.3 is 5.32 Å². The fourth-order valence-electron chi connectivity index (χ4n) is 1.73. The van der Waals surface area contributed by atoms with E-state index in [4.69, 9.17) is 0 Å². The summed E-state index contributed by atoms with van der Waals surface area (Å²) < 4.78 is 1.71. The summed E-state index contributed by atoms with van der Waals surface area (Å²) in [6.45, 7) is 6.38. The van der Waals surface area contributed by atoms with Gasteiger partial charge in [0.15, 0.2) is 0 Å². The van der Waals surface area contributed by atoms with Crippen LogP contribution in [0.5, 0.6) is 0 Å². The number of rotatable bonds is 6. The zero-order chi connectivity index (χ0) is 15.2. The van der Waals surface area contributed by atoms with Crippen LogP contribution in [0.15, 0.2) is 35.5 Å². The fourth-order valence-corrected chi connectivity index (χ4v) is 2.67. The average Bonchev–Trinajstić information content (AvgIpc) is 2.94. The minimum Gasteiger partial charge on any atom is -0.351 e. The van der Waals surface area contributed by atoms with Crippen molar-refractivity contribution in [1.82, 2.24) is 25.5 Å². The largest absolute Gasteiger partial charge is 0.351 e. The standard InChI is InChI=1S/C14H19N5OS/c1-10(2)19-14(16-17-18-19)21-11(3)13(20)15-9-12-7-5-4-6-8-12/h4-8,10-11H,9H2,1-3H3,(H,15,20)/t11-/m0/s1. The molecule has 0 fully saturated rings. The molecule has 0 radical (unpaired) electrons. The summed E-state index contributed by atoms with van der Waals surface area (Å²) in [7, 11) is 0. The number of nitrogens with zero attached hydrogens (tertiary/aromatic N) is 4. The van der Waals surface area contributed by atoms with Crippen LogP contribution in [0.3, 0.4) is 0 Å². The van der Waals surface area contributed by atoms with Gasteiger partial charge in [-0.15, -0.1) is 5.10 Å². The lowest BCUT2D eigenvalue weighted by Crippen LogP contribution is -2.30. The molecule has 2 rings (SSSR count). The Morgan fingerprint density at radius 3 is 2.67 bits per heavy atom. The normalized spacial score (nSPS) is 12.4. The molecule has 1 N–H and O–H groups in total. The van der Waals surface area contributed by atoms with Crippen LogP contribution in [0.1, 0.15) is 32.4 Å². The van der Waals surface area contributed by atoms with Gasteiger partial charge >= 0.3 is 0 Å². The van der Waals surface area contributed by atoms with Crippen LogP contribution in [0.2, 0.25) is 0 Å². The molecular weight excluding hydrogens is 286 g/mol. The molecule has 0 spiro atoms. The maximum absolute atomic E-state index is 12.1. The van der Waals surface area contributed by atoms with Crippen molar-refractivity contribution < 1.29 is 4.79 Å². The number of carbonyl (C=O) groups excluding carboxylic acids is 1. The second-order valence-electron chi connectivity index (χ2n) is 4.96. The Balaban J connectivity index is 1.89. The molecule has 7 heteroatoms. The molecule has 1 amide bonds. The highest BCUT2D eigenvalue weighted by Crippen LogP contribution is 2.22. The predicted octanol–water partition coefficient (Wildman–Crippen LogP) is 2.05. The fraction of sp³-hybridized carbons (Fsp3) is 0.429. The van der Waals surface area contributed by atoms with E-state index in [-0.39, 0.29) is 17.2 Å². The molecule has 21 heavy (non-hydrogen) atoms. The van der Waals surface area contributed by atoms with Crippen molar-refractivity contribution >= 4 is 17.7 Å². The second kappa shape index (κ2) is 7.21. The maximum atomic E-state index is 12.1. The van der Waals surface area contributed by atoms with Gasteiger partial charge in [-0.2, -0.15) is 0 Å². The quantitative estimate of drug-likeness (QED) is 0.827. The van der Waals surface area contributed by atoms with Gasteiger partial charge in [-0.1, -0.05) is 42.1 Å². The van der Waals surface area contributed by atoms with E-state index in [1.807, 2.05) is 51.1 Å². The SMILES string of the molecule is CC(C)n1nnnc1S[C@@H](C)C(=O)NCc1ccccc1. The highest BCUT2D eigenvalue weighted by molar-refractivity contribution is 8.00. The zero-order valence-electron chi connectivity index (χ0n) is 12.4. The van der Waals surface area contributed by atoms with E-state index in [1.54, 1.807) is 4.68 Å². The van der Waals surface area contributed by atoms with E-state index in [0.717, 1.165) is 5.56 Å². The molecule has 0 aliphatic heterocycles. The Kier molecular flexibility index (Phi) is 5.32. The smallest absolute Gasteiger partial charge is 0.233 e. The van der Waals surface area contributed by atoms with Crippen LogP contribution in [0.25, 0.3) is 0 Å². The number of benzene rings is 1. The van der Waals surface area contributed by atoms with E-state index in [1.165, 1.54) is 11.8 Å². The topological polar surface area (TPSA) is 72.7 Å². The van der Waals surface area contributed by atoms with E-state index >= 15 is 0 Å². The van der Waals surface area contributed by atoms with Crippen LogP contribution in [-0.2, 0) is 11.3 Å². The third-order valence-corrected chi connectivity index (χ3v) is 3.96. The van der Waals surface area contributed by atoms with Crippen molar-refractivity contribution in [2.45, 2.75) is 43.8 Å². The number of amides is 1. The Bertz CT molecular complexity index is 584. The van der Waals surface area contributed by atoms with E-state index < -0.39 is 0 Å². The maximum Gasteiger partial charge on any atom is 0.233 e. The lowest BCUT2D eigenvalue weighted by molar-refractivity contribution is -0.120. The molecule has 6 nitrogen and oxygen atoms in total. The number of carbonyl (C=O) groups is 1. The number of nitrogens with one attached hydrogen (secondary N) is 1. The summed E-state index contributed by atoms with van der Waals surface area (Å²) in [5.41, 5.74) is 1.08. The molecule has 2 aromatic rings. The van der Waals surface area contributed by atoms with E-state index in [9.17, 15) is 4.79 Å². The Morgan fingerprint density at radius 2 is 2.00 bits per heavy atom. The first kappa shape index (κ1) is 15.5. The summed E-state index contributed by atoms with van der Waals surface area (Å²) >= 11 is 1.36. The number of hydrogen-bond donors (Lipinski definition) is 1. The van der Waals surface area contributed by atoms with Crippen molar-refractivity contribution in [3.05, 3.63) is 35.9 Å². The predicted molar refractivity (Wildman–Crippen MR) is 81.8 cm³/mol. The summed E-state index contributed by atoms with van der Waals surface area (Å²) in [5, 5.41) is 14.9. The highest BCUT2D eigenvalue weighted by Gasteiger charge is 2.19. The molecular formula is C14H19N5OS. The summed E-state index contributed by atoms with van der Waals surface area (Å²) in [6, 6.07) is 10.00. The van der Waals surface area contributed by atoms with Crippen LogP contribution >= 0.6 is 11.8 Å². The molecule has 1 atom stereocenters. The van der Waals surface area contributed by atoms with Gasteiger partial charge in [-0.25, -0.2) is 4.68 Å². The van der Waals surface area contributed by atoms with Crippen LogP contribution < -0.4 is 5.32 Å². The molecule has 1 aromatic carbocycles. The third kappa shape index (κ3) is 4.29. The minimum atomic E-state index is -0.253. The van der Waals surface area contributed by atoms with Crippen molar-refractivity contribution in [3.63, 3.8) is 0 Å². The van der Waals surface area contributed by atoms with Crippen LogP contribution in [-0.4, -0.2) is 31.4 Å². The van der Waals surface area contributed by atoms with Gasteiger partial charge in [0.05, 0.1) is 11.3 Å². The molecule has 0 aliphatic carbocycles. The molecule has 0 aliphatic rings. The summed E-state index contributed by atoms with van der Waals surface area (Å²) in [4.78, 5) is 12.1. The summed E-state index contributed by atoms with van der Waals surface area (Å²) in [5.74, 6) is -0.0258. The molecule has 0 saturated heterocycles. The second-order valence-corrected chi connectivity index (χ2v) is 6.27. The lowest BCUT2D eigenvalue weighted by Gasteiger charge is -2.12. The summed E-state index contributed by atoms with van der Waals surface area (Å²) in [6.07, 6.45) is 0.